The van der Waals surface area contributed by atoms with Gasteiger partial charge in [0, 0.05) is 29.9 Å². The Kier molecular flexibility index (Phi) is 4.81. The van der Waals surface area contributed by atoms with Crippen LogP contribution in [0.15, 0.2) is 36.5 Å². The molecule has 110 valence electrons. The molecule has 21 heavy (non-hydrogen) atoms. The van der Waals surface area contributed by atoms with E-state index in [0.717, 1.165) is 5.56 Å². The number of amides is 1. The third kappa shape index (κ3) is 3.52. The largest absolute Gasteiger partial charge is 0.356 e. The fourth-order valence-corrected chi connectivity index (χ4v) is 2.25. The van der Waals surface area contributed by atoms with Crippen molar-refractivity contribution in [3.63, 3.8) is 0 Å². The summed E-state index contributed by atoms with van der Waals surface area (Å²) in [4.78, 5) is 28.3. The molecule has 0 bridgehead atoms. The normalized spacial score (nSPS) is 10.4. The second-order valence-electron chi connectivity index (χ2n) is 4.77. The molecular weight excluding hydrogens is 288 g/mol. The first-order chi connectivity index (χ1) is 10.0. The predicted molar refractivity (Wildman–Crippen MR) is 82.7 cm³/mol. The molecule has 2 aromatic rings. The van der Waals surface area contributed by atoms with Gasteiger partial charge in [-0.2, -0.15) is 0 Å². The van der Waals surface area contributed by atoms with E-state index in [1.807, 2.05) is 25.1 Å². The summed E-state index contributed by atoms with van der Waals surface area (Å²) in [5.74, 6) is -0.218. The van der Waals surface area contributed by atoms with Crippen molar-refractivity contribution >= 4 is 23.3 Å². The maximum atomic E-state index is 12.5. The number of nitrogens with one attached hydrogen (secondary N) is 1. The maximum absolute atomic E-state index is 12.5. The van der Waals surface area contributed by atoms with Crippen molar-refractivity contribution in [2.24, 2.45) is 0 Å². The van der Waals surface area contributed by atoms with Crippen molar-refractivity contribution in [3.05, 3.63) is 58.4 Å². The van der Waals surface area contributed by atoms with Gasteiger partial charge in [0.15, 0.2) is 5.78 Å². The minimum Gasteiger partial charge on any atom is -0.356 e. The zero-order chi connectivity index (χ0) is 15.4. The van der Waals surface area contributed by atoms with Crippen LogP contribution in [0.4, 0.5) is 0 Å². The van der Waals surface area contributed by atoms with E-state index in [9.17, 15) is 9.59 Å². The Morgan fingerprint density at radius 2 is 2.00 bits per heavy atom. The number of rotatable bonds is 5. The average molecular weight is 305 g/mol. The number of carbonyl (C=O) groups excluding carboxylic acids is 2. The summed E-state index contributed by atoms with van der Waals surface area (Å²) in [6.45, 7) is 4.37. The van der Waals surface area contributed by atoms with Crippen LogP contribution in [-0.2, 0) is 6.54 Å². The predicted octanol–water partition coefficient (Wildman–Crippen LogP) is 3.53. The van der Waals surface area contributed by atoms with Crippen molar-refractivity contribution in [2.45, 2.75) is 20.4 Å². The summed E-state index contributed by atoms with van der Waals surface area (Å²) < 4.78 is 0. The van der Waals surface area contributed by atoms with E-state index in [-0.39, 0.29) is 11.7 Å². The average Bonchev–Trinajstić information content (AvgIpc) is 2.96. The monoisotopic (exact) mass is 304 g/mol. The lowest BCUT2D eigenvalue weighted by molar-refractivity contribution is 0.0747. The lowest BCUT2D eigenvalue weighted by Crippen LogP contribution is -2.30. The van der Waals surface area contributed by atoms with Gasteiger partial charge < -0.3 is 9.88 Å². The van der Waals surface area contributed by atoms with Crippen LogP contribution in [-0.4, -0.2) is 28.1 Å². The molecule has 1 N–H and O–H groups in total. The summed E-state index contributed by atoms with van der Waals surface area (Å²) in [6.07, 6.45) is 1.55. The van der Waals surface area contributed by atoms with Gasteiger partial charge in [0.05, 0.1) is 0 Å². The molecular formula is C16H17ClN2O2. The first-order valence-electron chi connectivity index (χ1n) is 6.75. The fraction of sp³-hybridized carbons (Fsp3) is 0.250. The number of benzene rings is 1. The van der Waals surface area contributed by atoms with Gasteiger partial charge in [-0.3, -0.25) is 9.59 Å². The maximum Gasteiger partial charge on any atom is 0.270 e. The molecule has 1 aromatic heterocycles. The highest BCUT2D eigenvalue weighted by Gasteiger charge is 2.18. The molecule has 0 atom stereocenters. The van der Waals surface area contributed by atoms with Crippen molar-refractivity contribution < 1.29 is 9.59 Å². The number of ketones is 1. The Labute approximate surface area is 128 Å². The molecule has 1 aromatic carbocycles. The third-order valence-corrected chi connectivity index (χ3v) is 3.68. The molecule has 0 aliphatic rings. The van der Waals surface area contributed by atoms with Crippen LogP contribution >= 0.6 is 11.6 Å². The number of hydrogen-bond donors (Lipinski definition) is 1. The molecule has 0 saturated carbocycles. The number of H-pyrrole nitrogens is 1. The zero-order valence-electron chi connectivity index (χ0n) is 12.0. The third-order valence-electron chi connectivity index (χ3n) is 3.31. The molecule has 2 rings (SSSR count). The minimum absolute atomic E-state index is 0.0700. The minimum atomic E-state index is -0.148. The Morgan fingerprint density at radius 3 is 2.57 bits per heavy atom. The number of halogens is 1. The van der Waals surface area contributed by atoms with E-state index in [2.05, 4.69) is 4.98 Å². The summed E-state index contributed by atoms with van der Waals surface area (Å²) in [7, 11) is 0. The van der Waals surface area contributed by atoms with Crippen LogP contribution in [0.5, 0.6) is 0 Å². The molecule has 1 amide bonds. The highest BCUT2D eigenvalue weighted by atomic mass is 35.5. The number of nitrogens with zero attached hydrogens (tertiary/aromatic N) is 1. The number of aromatic nitrogens is 1. The van der Waals surface area contributed by atoms with Gasteiger partial charge in [-0.05, 0) is 31.5 Å². The number of hydrogen-bond acceptors (Lipinski definition) is 2. The molecule has 0 aliphatic carbocycles. The second-order valence-corrected chi connectivity index (χ2v) is 5.18. The van der Waals surface area contributed by atoms with Gasteiger partial charge >= 0.3 is 0 Å². The van der Waals surface area contributed by atoms with Crippen LogP contribution in [0, 0.1) is 0 Å². The Morgan fingerprint density at radius 1 is 1.29 bits per heavy atom. The number of Topliss-reactive ketones (excluding diaryl/α,β-unsaturated/α-hetero) is 1. The first kappa shape index (κ1) is 15.3. The highest BCUT2D eigenvalue weighted by molar-refractivity contribution is 6.31. The molecule has 0 radical (unpaired) electrons. The van der Waals surface area contributed by atoms with Gasteiger partial charge in [0.1, 0.15) is 5.69 Å². The molecule has 0 fully saturated rings. The Hall–Kier alpha value is -2.07. The Balaban J connectivity index is 2.18. The van der Waals surface area contributed by atoms with E-state index in [1.54, 1.807) is 23.2 Å². The van der Waals surface area contributed by atoms with Crippen molar-refractivity contribution in [1.82, 2.24) is 9.88 Å². The molecule has 1 heterocycles. The Bertz CT molecular complexity index is 664. The summed E-state index contributed by atoms with van der Waals surface area (Å²) in [5, 5.41) is 0.639. The summed E-state index contributed by atoms with van der Waals surface area (Å²) >= 11 is 6.13. The molecule has 0 saturated heterocycles. The number of carbonyl (C=O) groups is 2. The van der Waals surface area contributed by atoms with Crippen LogP contribution in [0.3, 0.4) is 0 Å². The van der Waals surface area contributed by atoms with Crippen molar-refractivity contribution in [3.8, 4) is 0 Å². The van der Waals surface area contributed by atoms with Crippen LogP contribution < -0.4 is 0 Å². The number of aromatic amines is 1. The fourth-order valence-electron chi connectivity index (χ4n) is 2.05. The van der Waals surface area contributed by atoms with Gasteiger partial charge in [-0.25, -0.2) is 0 Å². The van der Waals surface area contributed by atoms with Crippen LogP contribution in [0.1, 0.15) is 40.3 Å². The lowest BCUT2D eigenvalue weighted by atomic mass is 10.2. The first-order valence-corrected chi connectivity index (χ1v) is 7.12. The quantitative estimate of drug-likeness (QED) is 0.859. The molecule has 0 aliphatic heterocycles. The van der Waals surface area contributed by atoms with Crippen LogP contribution in [0.25, 0.3) is 0 Å². The zero-order valence-corrected chi connectivity index (χ0v) is 12.8. The van der Waals surface area contributed by atoms with Gasteiger partial charge in [-0.1, -0.05) is 29.8 Å². The van der Waals surface area contributed by atoms with Gasteiger partial charge in [0.2, 0.25) is 0 Å². The lowest BCUT2D eigenvalue weighted by Gasteiger charge is -2.20. The van der Waals surface area contributed by atoms with Crippen LogP contribution in [0.2, 0.25) is 5.02 Å². The van der Waals surface area contributed by atoms with Crippen molar-refractivity contribution in [2.75, 3.05) is 6.54 Å². The standard InChI is InChI=1S/C16H17ClN2O2/c1-3-19(10-12-6-4-5-7-14(12)17)16(21)15-8-13(9-18-15)11(2)20/h4-9,18H,3,10H2,1-2H3. The molecule has 0 spiro atoms. The van der Waals surface area contributed by atoms with E-state index in [4.69, 9.17) is 11.6 Å². The summed E-state index contributed by atoms with van der Waals surface area (Å²) in [6, 6.07) is 9.03. The molecule has 5 heteroatoms. The summed E-state index contributed by atoms with van der Waals surface area (Å²) in [5.41, 5.74) is 1.81. The SMILES string of the molecule is CCN(Cc1ccccc1Cl)C(=O)c1cc(C(C)=O)c[nH]1. The van der Waals surface area contributed by atoms with Gasteiger partial charge in [0.25, 0.3) is 5.91 Å². The second kappa shape index (κ2) is 6.59. The van der Waals surface area contributed by atoms with E-state index < -0.39 is 0 Å². The topological polar surface area (TPSA) is 53.2 Å². The molecule has 4 nitrogen and oxygen atoms in total. The van der Waals surface area contributed by atoms with E-state index in [0.29, 0.717) is 29.4 Å². The van der Waals surface area contributed by atoms with E-state index in [1.165, 1.54) is 6.92 Å². The smallest absolute Gasteiger partial charge is 0.270 e. The molecule has 0 unspecified atom stereocenters. The highest BCUT2D eigenvalue weighted by Crippen LogP contribution is 2.18. The van der Waals surface area contributed by atoms with Crippen molar-refractivity contribution in [1.29, 1.82) is 0 Å². The van der Waals surface area contributed by atoms with Gasteiger partial charge in [-0.15, -0.1) is 0 Å². The van der Waals surface area contributed by atoms with E-state index >= 15 is 0 Å².